The molecule has 0 aliphatic heterocycles. The molecule has 0 unspecified atom stereocenters. The number of nitrogens with zero attached hydrogens (tertiary/aromatic N) is 2. The summed E-state index contributed by atoms with van der Waals surface area (Å²) in [7, 11) is 0. The Labute approximate surface area is 134 Å². The van der Waals surface area contributed by atoms with Gasteiger partial charge in [-0.2, -0.15) is 0 Å². The maximum Gasteiger partial charge on any atom is 0.144 e. The molecule has 0 bridgehead atoms. The highest BCUT2D eigenvalue weighted by molar-refractivity contribution is 9.10. The molecule has 3 rings (SSSR count). The van der Waals surface area contributed by atoms with Gasteiger partial charge < -0.3 is 5.32 Å². The van der Waals surface area contributed by atoms with Crippen LogP contribution in [0.2, 0.25) is 0 Å². The molecule has 1 aromatic carbocycles. The first-order chi connectivity index (χ1) is 10.2. The molecule has 1 N–H and O–H groups in total. The largest absolute Gasteiger partial charge is 0.369 e. The van der Waals surface area contributed by atoms with Crippen LogP contribution in [0.5, 0.6) is 0 Å². The van der Waals surface area contributed by atoms with E-state index in [4.69, 9.17) is 4.98 Å². The first-order valence-corrected chi connectivity index (χ1v) is 8.32. The van der Waals surface area contributed by atoms with E-state index < -0.39 is 0 Å². The van der Waals surface area contributed by atoms with E-state index in [-0.39, 0.29) is 0 Å². The number of hydrogen-bond donors (Lipinski definition) is 1. The van der Waals surface area contributed by atoms with E-state index in [1.165, 1.54) is 29.7 Å². The van der Waals surface area contributed by atoms with Crippen LogP contribution in [0.25, 0.3) is 0 Å². The summed E-state index contributed by atoms with van der Waals surface area (Å²) in [6, 6.07) is 8.55. The van der Waals surface area contributed by atoms with Crippen LogP contribution in [-0.2, 0) is 6.42 Å². The molecule has 2 aromatic rings. The first kappa shape index (κ1) is 14.5. The molecule has 1 heterocycles. The topological polar surface area (TPSA) is 37.8 Å². The van der Waals surface area contributed by atoms with Crippen molar-refractivity contribution in [1.82, 2.24) is 9.97 Å². The van der Waals surface area contributed by atoms with Gasteiger partial charge in [0.25, 0.3) is 0 Å². The molecule has 1 aliphatic rings. The van der Waals surface area contributed by atoms with E-state index in [9.17, 15) is 0 Å². The molecule has 0 amide bonds. The molecule has 1 fully saturated rings. The quantitative estimate of drug-likeness (QED) is 0.869. The molecule has 0 radical (unpaired) electrons. The number of benzene rings is 1. The SMILES string of the molecule is CCNc1nc(Cc2cccc(C)c2)nc(C2CC2)c1Br. The molecule has 3 nitrogen and oxygen atoms in total. The van der Waals surface area contributed by atoms with Crippen molar-refractivity contribution in [1.29, 1.82) is 0 Å². The number of halogens is 1. The number of nitrogens with one attached hydrogen (secondary N) is 1. The Balaban J connectivity index is 1.94. The van der Waals surface area contributed by atoms with E-state index in [0.717, 1.165) is 29.1 Å². The minimum Gasteiger partial charge on any atom is -0.369 e. The molecule has 1 aromatic heterocycles. The van der Waals surface area contributed by atoms with Crippen molar-refractivity contribution in [2.45, 2.75) is 39.0 Å². The highest BCUT2D eigenvalue weighted by atomic mass is 79.9. The summed E-state index contributed by atoms with van der Waals surface area (Å²) in [5.41, 5.74) is 3.71. The third-order valence-electron chi connectivity index (χ3n) is 3.68. The molecular weight excluding hydrogens is 326 g/mol. The first-order valence-electron chi connectivity index (χ1n) is 7.53. The number of aromatic nitrogens is 2. The average Bonchev–Trinajstić information content (AvgIpc) is 3.27. The average molecular weight is 346 g/mol. The molecule has 110 valence electrons. The van der Waals surface area contributed by atoms with Crippen molar-refractivity contribution < 1.29 is 0 Å². The molecular formula is C17H20BrN3. The lowest BCUT2D eigenvalue weighted by Crippen LogP contribution is -2.08. The minimum absolute atomic E-state index is 0.607. The highest BCUT2D eigenvalue weighted by Crippen LogP contribution is 2.43. The Bertz CT molecular complexity index is 650. The second-order valence-electron chi connectivity index (χ2n) is 5.66. The van der Waals surface area contributed by atoms with Gasteiger partial charge in [0.05, 0.1) is 10.2 Å². The molecule has 0 atom stereocenters. The Morgan fingerprint density at radius 3 is 2.76 bits per heavy atom. The number of anilines is 1. The van der Waals surface area contributed by atoms with E-state index >= 15 is 0 Å². The van der Waals surface area contributed by atoms with Crippen molar-refractivity contribution in [3.63, 3.8) is 0 Å². The fourth-order valence-corrected chi connectivity index (χ4v) is 3.15. The van der Waals surface area contributed by atoms with Gasteiger partial charge in [0.1, 0.15) is 11.6 Å². The fraction of sp³-hybridized carbons (Fsp3) is 0.412. The zero-order valence-electron chi connectivity index (χ0n) is 12.5. The van der Waals surface area contributed by atoms with E-state index in [1.807, 2.05) is 0 Å². The van der Waals surface area contributed by atoms with Gasteiger partial charge in [-0.25, -0.2) is 9.97 Å². The highest BCUT2D eigenvalue weighted by Gasteiger charge is 2.29. The molecule has 4 heteroatoms. The lowest BCUT2D eigenvalue weighted by molar-refractivity contribution is 0.887. The molecule has 1 saturated carbocycles. The molecule has 0 spiro atoms. The normalized spacial score (nSPS) is 14.2. The Morgan fingerprint density at radius 2 is 2.10 bits per heavy atom. The second kappa shape index (κ2) is 6.14. The van der Waals surface area contributed by atoms with Crippen LogP contribution in [0.3, 0.4) is 0 Å². The van der Waals surface area contributed by atoms with Gasteiger partial charge in [0.2, 0.25) is 0 Å². The summed E-state index contributed by atoms with van der Waals surface area (Å²) in [6.07, 6.45) is 3.27. The summed E-state index contributed by atoms with van der Waals surface area (Å²) < 4.78 is 1.04. The summed E-state index contributed by atoms with van der Waals surface area (Å²) >= 11 is 3.67. The van der Waals surface area contributed by atoms with Gasteiger partial charge in [-0.3, -0.25) is 0 Å². The van der Waals surface area contributed by atoms with E-state index in [1.54, 1.807) is 0 Å². The van der Waals surface area contributed by atoms with Crippen molar-refractivity contribution in [3.05, 3.63) is 51.4 Å². The summed E-state index contributed by atoms with van der Waals surface area (Å²) in [5.74, 6) is 2.44. The van der Waals surface area contributed by atoms with E-state index in [2.05, 4.69) is 64.3 Å². The van der Waals surface area contributed by atoms with Gasteiger partial charge >= 0.3 is 0 Å². The maximum absolute atomic E-state index is 4.80. The van der Waals surface area contributed by atoms with Crippen molar-refractivity contribution in [2.24, 2.45) is 0 Å². The third kappa shape index (κ3) is 3.43. The summed E-state index contributed by atoms with van der Waals surface area (Å²) in [5, 5.41) is 3.34. The van der Waals surface area contributed by atoms with Crippen LogP contribution >= 0.6 is 15.9 Å². The van der Waals surface area contributed by atoms with Gasteiger partial charge in [-0.1, -0.05) is 29.8 Å². The molecule has 1 aliphatic carbocycles. The van der Waals surface area contributed by atoms with Crippen LogP contribution in [-0.4, -0.2) is 16.5 Å². The van der Waals surface area contributed by atoms with Gasteiger partial charge in [-0.15, -0.1) is 0 Å². The zero-order chi connectivity index (χ0) is 14.8. The lowest BCUT2D eigenvalue weighted by atomic mass is 10.1. The van der Waals surface area contributed by atoms with Crippen molar-refractivity contribution in [3.8, 4) is 0 Å². The predicted molar refractivity (Wildman–Crippen MR) is 89.9 cm³/mol. The van der Waals surface area contributed by atoms with Crippen LogP contribution in [0.1, 0.15) is 48.3 Å². The van der Waals surface area contributed by atoms with Crippen LogP contribution in [0.4, 0.5) is 5.82 Å². The zero-order valence-corrected chi connectivity index (χ0v) is 14.1. The Kier molecular flexibility index (Phi) is 4.24. The predicted octanol–water partition coefficient (Wildman–Crippen LogP) is 4.45. The van der Waals surface area contributed by atoms with E-state index in [0.29, 0.717) is 5.92 Å². The molecule has 0 saturated heterocycles. The van der Waals surface area contributed by atoms with Gasteiger partial charge in [-0.05, 0) is 48.2 Å². The monoisotopic (exact) mass is 345 g/mol. The Morgan fingerprint density at radius 1 is 1.29 bits per heavy atom. The van der Waals surface area contributed by atoms with Crippen LogP contribution in [0.15, 0.2) is 28.7 Å². The lowest BCUT2D eigenvalue weighted by Gasteiger charge is -2.12. The van der Waals surface area contributed by atoms with Crippen molar-refractivity contribution >= 4 is 21.7 Å². The maximum atomic E-state index is 4.80. The Hall–Kier alpha value is -1.42. The second-order valence-corrected chi connectivity index (χ2v) is 6.45. The van der Waals surface area contributed by atoms with Gasteiger partial charge in [0, 0.05) is 18.9 Å². The number of rotatable bonds is 5. The standard InChI is InChI=1S/C17H20BrN3/c1-3-19-17-15(18)16(13-7-8-13)20-14(21-17)10-12-6-4-5-11(2)9-12/h4-6,9,13H,3,7-8,10H2,1-2H3,(H,19,20,21). The van der Waals surface area contributed by atoms with Crippen molar-refractivity contribution in [2.75, 3.05) is 11.9 Å². The minimum atomic E-state index is 0.607. The van der Waals surface area contributed by atoms with Crippen LogP contribution < -0.4 is 5.32 Å². The summed E-state index contributed by atoms with van der Waals surface area (Å²) in [6.45, 7) is 5.07. The number of hydrogen-bond acceptors (Lipinski definition) is 3. The van der Waals surface area contributed by atoms with Gasteiger partial charge in [0.15, 0.2) is 0 Å². The smallest absolute Gasteiger partial charge is 0.144 e. The molecule has 21 heavy (non-hydrogen) atoms. The number of aryl methyl sites for hydroxylation is 1. The third-order valence-corrected chi connectivity index (χ3v) is 4.46. The van der Waals surface area contributed by atoms with Crippen LogP contribution in [0, 0.1) is 6.92 Å². The fourth-order valence-electron chi connectivity index (χ4n) is 2.51. The summed E-state index contributed by atoms with van der Waals surface area (Å²) in [4.78, 5) is 9.49.